The highest BCUT2D eigenvalue weighted by molar-refractivity contribution is 5.76. The third-order valence-corrected chi connectivity index (χ3v) is 3.39. The Morgan fingerprint density at radius 2 is 2.12 bits per heavy atom. The average molecular weight is 221 g/mol. The van der Waals surface area contributed by atoms with Crippen molar-refractivity contribution < 1.29 is 4.79 Å². The first-order valence-electron chi connectivity index (χ1n) is 6.22. The molecule has 0 bridgehead atoms. The Morgan fingerprint density at radius 1 is 1.31 bits per heavy atom. The van der Waals surface area contributed by atoms with E-state index in [0.29, 0.717) is 12.5 Å². The van der Waals surface area contributed by atoms with Gasteiger partial charge in [-0.25, -0.2) is 0 Å². The quantitative estimate of drug-likeness (QED) is 0.726. The molecule has 16 heavy (non-hydrogen) atoms. The largest absolute Gasteiger partial charge is 0.352 e. The van der Waals surface area contributed by atoms with Crippen LogP contribution in [0.3, 0.4) is 0 Å². The van der Waals surface area contributed by atoms with Gasteiger partial charge in [-0.15, -0.1) is 0 Å². The highest BCUT2D eigenvalue weighted by Crippen LogP contribution is 2.24. The number of nitrogens with zero attached hydrogens (tertiary/aromatic N) is 1. The summed E-state index contributed by atoms with van der Waals surface area (Å²) in [4.78, 5) is 11.6. The van der Waals surface area contributed by atoms with Crippen LogP contribution in [0.2, 0.25) is 0 Å². The molecule has 2 atom stereocenters. The SMILES string of the molecule is N#CC1CCCC1NC(=O)CCNC1CC1. The van der Waals surface area contributed by atoms with Gasteiger partial charge < -0.3 is 10.6 Å². The Balaban J connectivity index is 1.63. The van der Waals surface area contributed by atoms with Gasteiger partial charge in [0, 0.05) is 25.0 Å². The van der Waals surface area contributed by atoms with Crippen LogP contribution in [0.1, 0.15) is 38.5 Å². The fraction of sp³-hybridized carbons (Fsp3) is 0.833. The summed E-state index contributed by atoms with van der Waals surface area (Å²) < 4.78 is 0. The minimum absolute atomic E-state index is 0.0281. The molecular weight excluding hydrogens is 202 g/mol. The molecule has 0 spiro atoms. The summed E-state index contributed by atoms with van der Waals surface area (Å²) >= 11 is 0. The van der Waals surface area contributed by atoms with Crippen molar-refractivity contribution in [1.29, 1.82) is 5.26 Å². The molecule has 1 amide bonds. The molecule has 0 aromatic heterocycles. The van der Waals surface area contributed by atoms with E-state index < -0.39 is 0 Å². The molecule has 0 saturated heterocycles. The zero-order valence-corrected chi connectivity index (χ0v) is 9.54. The van der Waals surface area contributed by atoms with Gasteiger partial charge in [0.15, 0.2) is 0 Å². The van der Waals surface area contributed by atoms with Crippen molar-refractivity contribution in [3.8, 4) is 6.07 Å². The van der Waals surface area contributed by atoms with Crippen LogP contribution in [0.5, 0.6) is 0 Å². The Kier molecular flexibility index (Phi) is 3.79. The predicted molar refractivity (Wildman–Crippen MR) is 60.5 cm³/mol. The number of nitrogens with one attached hydrogen (secondary N) is 2. The highest BCUT2D eigenvalue weighted by Gasteiger charge is 2.28. The van der Waals surface area contributed by atoms with Crippen LogP contribution in [0.4, 0.5) is 0 Å². The van der Waals surface area contributed by atoms with Crippen molar-refractivity contribution in [2.75, 3.05) is 6.54 Å². The van der Waals surface area contributed by atoms with E-state index in [-0.39, 0.29) is 17.9 Å². The summed E-state index contributed by atoms with van der Waals surface area (Å²) in [5, 5.41) is 15.2. The van der Waals surface area contributed by atoms with Gasteiger partial charge in [-0.3, -0.25) is 4.79 Å². The molecule has 2 unspecified atom stereocenters. The second-order valence-corrected chi connectivity index (χ2v) is 4.82. The Labute approximate surface area is 96.4 Å². The molecule has 0 aliphatic heterocycles. The van der Waals surface area contributed by atoms with Crippen molar-refractivity contribution in [3.63, 3.8) is 0 Å². The summed E-state index contributed by atoms with van der Waals surface area (Å²) in [7, 11) is 0. The van der Waals surface area contributed by atoms with Crippen molar-refractivity contribution in [2.24, 2.45) is 5.92 Å². The van der Waals surface area contributed by atoms with Crippen LogP contribution in [0.25, 0.3) is 0 Å². The second kappa shape index (κ2) is 5.31. The van der Waals surface area contributed by atoms with E-state index in [1.54, 1.807) is 0 Å². The molecular formula is C12H19N3O. The minimum Gasteiger partial charge on any atom is -0.352 e. The predicted octanol–water partition coefficient (Wildman–Crippen LogP) is 0.937. The van der Waals surface area contributed by atoms with E-state index in [4.69, 9.17) is 5.26 Å². The number of amides is 1. The molecule has 0 aromatic rings. The topological polar surface area (TPSA) is 64.9 Å². The van der Waals surface area contributed by atoms with Crippen LogP contribution in [-0.2, 0) is 4.79 Å². The molecule has 0 heterocycles. The number of rotatable bonds is 5. The lowest BCUT2D eigenvalue weighted by atomic mass is 10.1. The molecule has 2 fully saturated rings. The zero-order chi connectivity index (χ0) is 11.4. The van der Waals surface area contributed by atoms with Crippen molar-refractivity contribution in [1.82, 2.24) is 10.6 Å². The number of nitriles is 1. The lowest BCUT2D eigenvalue weighted by Crippen LogP contribution is -2.38. The van der Waals surface area contributed by atoms with Gasteiger partial charge in [-0.1, -0.05) is 0 Å². The highest BCUT2D eigenvalue weighted by atomic mass is 16.1. The van der Waals surface area contributed by atoms with Crippen LogP contribution in [0.15, 0.2) is 0 Å². The summed E-state index contributed by atoms with van der Waals surface area (Å²) in [6.07, 6.45) is 5.98. The van der Waals surface area contributed by atoms with Crippen molar-refractivity contribution >= 4 is 5.91 Å². The fourth-order valence-corrected chi connectivity index (χ4v) is 2.24. The normalized spacial score (nSPS) is 28.7. The van der Waals surface area contributed by atoms with Crippen molar-refractivity contribution in [2.45, 2.75) is 50.6 Å². The van der Waals surface area contributed by atoms with Gasteiger partial charge in [0.2, 0.25) is 5.91 Å². The maximum Gasteiger partial charge on any atom is 0.221 e. The van der Waals surface area contributed by atoms with Gasteiger partial charge in [-0.2, -0.15) is 5.26 Å². The van der Waals surface area contributed by atoms with E-state index >= 15 is 0 Å². The van der Waals surface area contributed by atoms with E-state index in [0.717, 1.165) is 25.8 Å². The third-order valence-electron chi connectivity index (χ3n) is 3.39. The lowest BCUT2D eigenvalue weighted by Gasteiger charge is -2.15. The van der Waals surface area contributed by atoms with E-state index in [1.165, 1.54) is 12.8 Å². The number of carbonyl (C=O) groups excluding carboxylic acids is 1. The summed E-state index contributed by atoms with van der Waals surface area (Å²) in [6.45, 7) is 0.764. The first kappa shape index (κ1) is 11.4. The zero-order valence-electron chi connectivity index (χ0n) is 9.54. The summed E-state index contributed by atoms with van der Waals surface area (Å²) in [6, 6.07) is 3.03. The van der Waals surface area contributed by atoms with E-state index in [9.17, 15) is 4.79 Å². The summed E-state index contributed by atoms with van der Waals surface area (Å²) in [5.41, 5.74) is 0. The monoisotopic (exact) mass is 221 g/mol. The molecule has 2 aliphatic carbocycles. The summed E-state index contributed by atoms with van der Waals surface area (Å²) in [5.74, 6) is 0.112. The first-order valence-corrected chi connectivity index (χ1v) is 6.22. The maximum atomic E-state index is 11.6. The van der Waals surface area contributed by atoms with Crippen LogP contribution in [0, 0.1) is 17.2 Å². The molecule has 2 aliphatic rings. The molecule has 4 nitrogen and oxygen atoms in total. The fourth-order valence-electron chi connectivity index (χ4n) is 2.24. The van der Waals surface area contributed by atoms with Gasteiger partial charge in [-0.05, 0) is 32.1 Å². The molecule has 4 heteroatoms. The second-order valence-electron chi connectivity index (χ2n) is 4.82. The van der Waals surface area contributed by atoms with Gasteiger partial charge >= 0.3 is 0 Å². The van der Waals surface area contributed by atoms with Gasteiger partial charge in [0.25, 0.3) is 0 Å². The Morgan fingerprint density at radius 3 is 2.81 bits per heavy atom. The van der Waals surface area contributed by atoms with Crippen molar-refractivity contribution in [3.05, 3.63) is 0 Å². The number of carbonyl (C=O) groups is 1. The molecule has 2 rings (SSSR count). The standard InChI is InChI=1S/C12H19N3O/c13-8-9-2-1-3-11(9)15-12(16)6-7-14-10-4-5-10/h9-11,14H,1-7H2,(H,15,16). The average Bonchev–Trinajstić information content (AvgIpc) is 2.98. The van der Waals surface area contributed by atoms with E-state index in [1.807, 2.05) is 0 Å². The van der Waals surface area contributed by atoms with E-state index in [2.05, 4.69) is 16.7 Å². The number of hydrogen-bond acceptors (Lipinski definition) is 3. The molecule has 2 N–H and O–H groups in total. The smallest absolute Gasteiger partial charge is 0.221 e. The number of hydrogen-bond donors (Lipinski definition) is 2. The molecule has 2 saturated carbocycles. The maximum absolute atomic E-state index is 11.6. The van der Waals surface area contributed by atoms with Gasteiger partial charge in [0.05, 0.1) is 12.0 Å². The first-order chi connectivity index (χ1) is 7.79. The third kappa shape index (κ3) is 3.21. The molecule has 0 radical (unpaired) electrons. The Bertz CT molecular complexity index is 293. The molecule has 88 valence electrons. The van der Waals surface area contributed by atoms with Gasteiger partial charge in [0.1, 0.15) is 0 Å². The Hall–Kier alpha value is -1.08. The van der Waals surface area contributed by atoms with Crippen LogP contribution in [-0.4, -0.2) is 24.5 Å². The van der Waals surface area contributed by atoms with Crippen LogP contribution >= 0.6 is 0 Å². The van der Waals surface area contributed by atoms with Crippen LogP contribution < -0.4 is 10.6 Å². The minimum atomic E-state index is 0.0281. The molecule has 0 aromatic carbocycles. The lowest BCUT2D eigenvalue weighted by molar-refractivity contribution is -0.121.